The molecule has 0 atom stereocenters. The number of hydrogen-bond donors (Lipinski definition) is 2. The number of aryl methyl sites for hydroxylation is 1. The molecule has 2 N–H and O–H groups in total. The van der Waals surface area contributed by atoms with Crippen LogP contribution in [-0.2, 0) is 16.3 Å². The SMILES string of the molecule is CCOc1ccc(-c2nc3ccccn3c2-c2ccnc(Nc3cc(CC)c(N4CCC(CCS(C)(=O)=O)CC4)cc3OC)n2)cc1C(=O)Nc1c(F)cccc1F. The number of ether oxygens (including phenoxy) is 2. The number of rotatable bonds is 14. The summed E-state index contributed by atoms with van der Waals surface area (Å²) >= 11 is 0. The third-order valence-electron chi connectivity index (χ3n) is 10.3. The Morgan fingerprint density at radius 2 is 1.72 bits per heavy atom. The van der Waals surface area contributed by atoms with Crippen molar-refractivity contribution in [2.24, 2.45) is 5.92 Å². The number of para-hydroxylation sites is 1. The third-order valence-corrected chi connectivity index (χ3v) is 11.3. The maximum Gasteiger partial charge on any atom is 0.259 e. The van der Waals surface area contributed by atoms with E-state index in [0.717, 1.165) is 55.7 Å². The van der Waals surface area contributed by atoms with E-state index in [-0.39, 0.29) is 23.7 Å². The van der Waals surface area contributed by atoms with Gasteiger partial charge in [-0.3, -0.25) is 9.20 Å². The van der Waals surface area contributed by atoms with Crippen LogP contribution >= 0.6 is 0 Å². The van der Waals surface area contributed by atoms with Gasteiger partial charge in [0.15, 0.2) is 0 Å². The van der Waals surface area contributed by atoms with Gasteiger partial charge in [0.1, 0.15) is 44.3 Å². The quantitative estimate of drug-likeness (QED) is 0.110. The van der Waals surface area contributed by atoms with Crippen LogP contribution < -0.4 is 25.0 Å². The van der Waals surface area contributed by atoms with Crippen molar-refractivity contribution in [3.05, 3.63) is 108 Å². The monoisotopic (exact) mass is 809 g/mol. The number of imidazole rings is 1. The Bertz CT molecular complexity index is 2550. The number of halogens is 2. The minimum atomic E-state index is -2.99. The lowest BCUT2D eigenvalue weighted by Gasteiger charge is -2.35. The fraction of sp³-hybridized carbons (Fsp3) is 0.302. The van der Waals surface area contributed by atoms with Crippen LogP contribution in [0.25, 0.3) is 28.3 Å². The van der Waals surface area contributed by atoms with Crippen LogP contribution in [0.3, 0.4) is 0 Å². The van der Waals surface area contributed by atoms with E-state index in [1.807, 2.05) is 34.9 Å². The van der Waals surface area contributed by atoms with Crippen molar-refractivity contribution < 1.29 is 31.5 Å². The van der Waals surface area contributed by atoms with Gasteiger partial charge in [-0.15, -0.1) is 0 Å². The molecule has 0 spiro atoms. The second-order valence-electron chi connectivity index (χ2n) is 14.2. The number of methoxy groups -OCH3 is 1. The van der Waals surface area contributed by atoms with Crippen molar-refractivity contribution in [3.63, 3.8) is 0 Å². The largest absolute Gasteiger partial charge is 0.494 e. The van der Waals surface area contributed by atoms with Crippen molar-refractivity contribution in [1.29, 1.82) is 0 Å². The van der Waals surface area contributed by atoms with E-state index in [9.17, 15) is 22.0 Å². The van der Waals surface area contributed by atoms with Gasteiger partial charge in [0.05, 0.1) is 47.8 Å². The van der Waals surface area contributed by atoms with Crippen LogP contribution in [0.1, 0.15) is 49.0 Å². The number of benzene rings is 3. The van der Waals surface area contributed by atoms with Gasteiger partial charge in [0.2, 0.25) is 5.95 Å². The number of amides is 1. The maximum absolute atomic E-state index is 14.5. The molecule has 3 aromatic heterocycles. The second kappa shape index (κ2) is 17.2. The molecular weight excluding hydrogens is 765 g/mol. The summed E-state index contributed by atoms with van der Waals surface area (Å²) in [5, 5.41) is 5.74. The molecule has 6 aromatic rings. The Hall–Kier alpha value is -6.09. The summed E-state index contributed by atoms with van der Waals surface area (Å²) in [6, 6.07) is 19.8. The zero-order chi connectivity index (χ0) is 41.0. The van der Waals surface area contributed by atoms with Crippen LogP contribution in [0.15, 0.2) is 85.2 Å². The zero-order valence-corrected chi connectivity index (χ0v) is 33.6. The van der Waals surface area contributed by atoms with Crippen LogP contribution in [0.5, 0.6) is 11.5 Å². The molecule has 0 radical (unpaired) electrons. The molecule has 1 aliphatic heterocycles. The van der Waals surface area contributed by atoms with Crippen molar-refractivity contribution in [3.8, 4) is 34.1 Å². The Kier molecular flexibility index (Phi) is 11.9. The van der Waals surface area contributed by atoms with Gasteiger partial charge in [-0.1, -0.05) is 19.1 Å². The second-order valence-corrected chi connectivity index (χ2v) is 16.5. The normalized spacial score (nSPS) is 13.4. The average molecular weight is 810 g/mol. The van der Waals surface area contributed by atoms with Crippen molar-refractivity contribution in [1.82, 2.24) is 19.4 Å². The molecule has 1 aliphatic rings. The third kappa shape index (κ3) is 8.74. The van der Waals surface area contributed by atoms with Gasteiger partial charge in [0.25, 0.3) is 5.91 Å². The molecule has 1 amide bonds. The fourth-order valence-corrected chi connectivity index (χ4v) is 8.11. The average Bonchev–Trinajstić information content (AvgIpc) is 3.61. The number of sulfone groups is 1. The number of nitrogens with zero attached hydrogens (tertiary/aromatic N) is 5. The van der Waals surface area contributed by atoms with E-state index >= 15 is 0 Å². The minimum absolute atomic E-state index is 0.0636. The lowest BCUT2D eigenvalue weighted by Crippen LogP contribution is -2.34. The van der Waals surface area contributed by atoms with Crippen LogP contribution in [0.2, 0.25) is 0 Å². The van der Waals surface area contributed by atoms with E-state index < -0.39 is 33.1 Å². The molecule has 0 bridgehead atoms. The van der Waals surface area contributed by atoms with Crippen LogP contribution in [0, 0.1) is 17.6 Å². The summed E-state index contributed by atoms with van der Waals surface area (Å²) in [7, 11) is -1.37. The number of carbonyl (C=O) groups is 1. The van der Waals surface area contributed by atoms with E-state index in [1.54, 1.807) is 44.5 Å². The summed E-state index contributed by atoms with van der Waals surface area (Å²) in [6.07, 6.45) is 8.10. The van der Waals surface area contributed by atoms with E-state index in [1.165, 1.54) is 12.3 Å². The fourth-order valence-electron chi connectivity index (χ4n) is 7.35. The highest BCUT2D eigenvalue weighted by Gasteiger charge is 2.25. The topological polar surface area (TPSA) is 140 Å². The first-order chi connectivity index (χ1) is 28.0. The predicted octanol–water partition coefficient (Wildman–Crippen LogP) is 8.35. The molecule has 58 heavy (non-hydrogen) atoms. The molecule has 15 heteroatoms. The highest BCUT2D eigenvalue weighted by molar-refractivity contribution is 7.90. The summed E-state index contributed by atoms with van der Waals surface area (Å²) in [5.41, 5.74) is 5.21. The lowest BCUT2D eigenvalue weighted by molar-refractivity contribution is 0.102. The molecule has 12 nitrogen and oxygen atoms in total. The maximum atomic E-state index is 14.5. The molecule has 3 aromatic carbocycles. The first kappa shape index (κ1) is 40.1. The van der Waals surface area contributed by atoms with Gasteiger partial charge in [-0.05, 0) is 98.7 Å². The highest BCUT2D eigenvalue weighted by atomic mass is 32.2. The van der Waals surface area contributed by atoms with Gasteiger partial charge >= 0.3 is 0 Å². The summed E-state index contributed by atoms with van der Waals surface area (Å²) < 4.78 is 66.1. The molecule has 0 aliphatic carbocycles. The van der Waals surface area contributed by atoms with Gasteiger partial charge in [0, 0.05) is 49.1 Å². The molecule has 7 rings (SSSR count). The van der Waals surface area contributed by atoms with Crippen molar-refractivity contribution >= 4 is 44.4 Å². The first-order valence-corrected chi connectivity index (χ1v) is 21.3. The van der Waals surface area contributed by atoms with E-state index in [2.05, 4.69) is 33.5 Å². The van der Waals surface area contributed by atoms with Crippen molar-refractivity contribution in [2.45, 2.75) is 39.5 Å². The Morgan fingerprint density at radius 3 is 2.43 bits per heavy atom. The minimum Gasteiger partial charge on any atom is -0.494 e. The van der Waals surface area contributed by atoms with Gasteiger partial charge in [-0.25, -0.2) is 32.2 Å². The van der Waals surface area contributed by atoms with Gasteiger partial charge < -0.3 is 25.0 Å². The molecule has 0 unspecified atom stereocenters. The number of pyridine rings is 1. The molecule has 4 heterocycles. The van der Waals surface area contributed by atoms with E-state index in [0.29, 0.717) is 58.0 Å². The number of carbonyl (C=O) groups excluding carboxylic acids is 1. The Morgan fingerprint density at radius 1 is 0.948 bits per heavy atom. The van der Waals surface area contributed by atoms with Crippen LogP contribution in [0.4, 0.5) is 31.8 Å². The first-order valence-electron chi connectivity index (χ1n) is 19.2. The Balaban J connectivity index is 1.20. The van der Waals surface area contributed by atoms with E-state index in [4.69, 9.17) is 19.4 Å². The number of anilines is 4. The standard InChI is InChI=1S/C43H45F2N7O5S/c1-5-28-25-34(37(56-3)26-35(28)51-21-16-27(17-22-51)18-23-58(4,54)55)48-43-46-19-15-33(47-43)41-39(49-38-12-7-8-20-52(38)41)29-13-14-36(57-6-2)30(24-29)42(53)50-40-31(44)10-9-11-32(40)45/h7-15,19-20,24-27H,5-6,16-18,21-23H2,1-4H3,(H,50,53)(H,46,47,48). The molecule has 1 fully saturated rings. The number of piperidine rings is 1. The van der Waals surface area contributed by atoms with Crippen molar-refractivity contribution in [2.75, 3.05) is 54.3 Å². The number of fused-ring (bicyclic) bond motifs is 1. The predicted molar refractivity (Wildman–Crippen MR) is 222 cm³/mol. The smallest absolute Gasteiger partial charge is 0.259 e. The molecule has 1 saturated heterocycles. The molecule has 0 saturated carbocycles. The van der Waals surface area contributed by atoms with Gasteiger partial charge in [-0.2, -0.15) is 0 Å². The number of aromatic nitrogens is 4. The number of hydrogen-bond acceptors (Lipinski definition) is 10. The highest BCUT2D eigenvalue weighted by Crippen LogP contribution is 2.39. The lowest BCUT2D eigenvalue weighted by atomic mass is 9.93. The molecular formula is C43H45F2N7O5S. The summed E-state index contributed by atoms with van der Waals surface area (Å²) in [4.78, 5) is 30.4. The summed E-state index contributed by atoms with van der Waals surface area (Å²) in [6.45, 7) is 5.79. The Labute approximate surface area is 336 Å². The number of nitrogens with one attached hydrogen (secondary N) is 2. The zero-order valence-electron chi connectivity index (χ0n) is 32.8. The molecule has 302 valence electrons. The van der Waals surface area contributed by atoms with Crippen LogP contribution in [-0.4, -0.2) is 72.5 Å². The summed E-state index contributed by atoms with van der Waals surface area (Å²) in [5.74, 6) is -0.801.